The SMILES string of the molecule is Cc1ccc(NCC(=O)Nc2ccc3c(C)cc(=O)oc3c2)nc1. The van der Waals surface area contributed by atoms with E-state index in [1.807, 2.05) is 32.0 Å². The predicted octanol–water partition coefficient (Wildman–Crippen LogP) is 2.86. The summed E-state index contributed by atoms with van der Waals surface area (Å²) < 4.78 is 5.17. The van der Waals surface area contributed by atoms with Crippen LogP contribution in [0.1, 0.15) is 11.1 Å². The maximum Gasteiger partial charge on any atom is 0.336 e. The standard InChI is InChI=1S/C18H17N3O3/c1-11-3-6-16(19-9-11)20-10-17(22)21-13-4-5-14-12(2)7-18(23)24-15(14)8-13/h3-9H,10H2,1-2H3,(H,19,20)(H,21,22). The highest BCUT2D eigenvalue weighted by Crippen LogP contribution is 2.20. The normalized spacial score (nSPS) is 10.6. The lowest BCUT2D eigenvalue weighted by Crippen LogP contribution is -2.22. The second-order valence-electron chi connectivity index (χ2n) is 5.58. The Morgan fingerprint density at radius 2 is 2.00 bits per heavy atom. The van der Waals surface area contributed by atoms with Gasteiger partial charge in [-0.3, -0.25) is 4.79 Å². The first-order chi connectivity index (χ1) is 11.5. The van der Waals surface area contributed by atoms with Crippen molar-refractivity contribution >= 4 is 28.4 Å². The smallest absolute Gasteiger partial charge is 0.336 e. The van der Waals surface area contributed by atoms with Crippen LogP contribution < -0.4 is 16.3 Å². The third kappa shape index (κ3) is 3.60. The number of amides is 1. The molecule has 6 heteroatoms. The fourth-order valence-electron chi connectivity index (χ4n) is 2.35. The van der Waals surface area contributed by atoms with E-state index in [1.165, 1.54) is 6.07 Å². The summed E-state index contributed by atoms with van der Waals surface area (Å²) in [6, 6.07) is 10.4. The lowest BCUT2D eigenvalue weighted by Gasteiger charge is -2.08. The van der Waals surface area contributed by atoms with Gasteiger partial charge in [0.1, 0.15) is 11.4 Å². The zero-order valence-corrected chi connectivity index (χ0v) is 13.4. The van der Waals surface area contributed by atoms with Crippen LogP contribution in [0.5, 0.6) is 0 Å². The van der Waals surface area contributed by atoms with Gasteiger partial charge in [0.2, 0.25) is 5.91 Å². The summed E-state index contributed by atoms with van der Waals surface area (Å²) >= 11 is 0. The van der Waals surface area contributed by atoms with Gasteiger partial charge >= 0.3 is 5.63 Å². The molecule has 6 nitrogen and oxygen atoms in total. The van der Waals surface area contributed by atoms with E-state index in [0.717, 1.165) is 16.5 Å². The van der Waals surface area contributed by atoms with Crippen LogP contribution in [-0.4, -0.2) is 17.4 Å². The largest absolute Gasteiger partial charge is 0.423 e. The van der Waals surface area contributed by atoms with E-state index in [9.17, 15) is 9.59 Å². The molecule has 2 N–H and O–H groups in total. The quantitative estimate of drug-likeness (QED) is 0.721. The molecule has 0 aliphatic heterocycles. The molecule has 0 aliphatic rings. The number of pyridine rings is 1. The fourth-order valence-corrected chi connectivity index (χ4v) is 2.35. The minimum Gasteiger partial charge on any atom is -0.423 e. The van der Waals surface area contributed by atoms with Crippen molar-refractivity contribution in [1.82, 2.24) is 4.98 Å². The number of anilines is 2. The molecule has 24 heavy (non-hydrogen) atoms. The average molecular weight is 323 g/mol. The van der Waals surface area contributed by atoms with Crippen molar-refractivity contribution in [2.75, 3.05) is 17.2 Å². The summed E-state index contributed by atoms with van der Waals surface area (Å²) in [5.41, 5.74) is 2.51. The van der Waals surface area contributed by atoms with Gasteiger partial charge in [0.25, 0.3) is 0 Å². The summed E-state index contributed by atoms with van der Waals surface area (Å²) in [6.45, 7) is 3.88. The Balaban J connectivity index is 1.69. The molecule has 0 spiro atoms. The number of hydrogen-bond acceptors (Lipinski definition) is 5. The highest BCUT2D eigenvalue weighted by atomic mass is 16.4. The van der Waals surface area contributed by atoms with Crippen molar-refractivity contribution in [3.63, 3.8) is 0 Å². The number of nitrogens with one attached hydrogen (secondary N) is 2. The summed E-state index contributed by atoms with van der Waals surface area (Å²) in [6.07, 6.45) is 1.73. The van der Waals surface area contributed by atoms with Crippen molar-refractivity contribution in [2.24, 2.45) is 0 Å². The van der Waals surface area contributed by atoms with Crippen LogP contribution in [0.25, 0.3) is 11.0 Å². The first-order valence-electron chi connectivity index (χ1n) is 7.52. The number of fused-ring (bicyclic) bond motifs is 1. The van der Waals surface area contributed by atoms with Crippen LogP contribution in [0.4, 0.5) is 11.5 Å². The van der Waals surface area contributed by atoms with Gasteiger partial charge in [0, 0.05) is 29.4 Å². The first-order valence-corrected chi connectivity index (χ1v) is 7.52. The molecule has 2 heterocycles. The summed E-state index contributed by atoms with van der Waals surface area (Å²) in [7, 11) is 0. The Morgan fingerprint density at radius 3 is 2.75 bits per heavy atom. The van der Waals surface area contributed by atoms with Crippen LogP contribution in [-0.2, 0) is 4.79 Å². The topological polar surface area (TPSA) is 84.2 Å². The molecule has 0 fully saturated rings. The second kappa shape index (κ2) is 6.54. The highest BCUT2D eigenvalue weighted by molar-refractivity contribution is 5.95. The van der Waals surface area contributed by atoms with Crippen molar-refractivity contribution in [3.8, 4) is 0 Å². The Hall–Kier alpha value is -3.15. The van der Waals surface area contributed by atoms with E-state index in [0.29, 0.717) is 17.1 Å². The number of aryl methyl sites for hydroxylation is 2. The molecular formula is C18H17N3O3. The van der Waals surface area contributed by atoms with Crippen molar-refractivity contribution in [3.05, 3.63) is 64.1 Å². The number of carbonyl (C=O) groups excluding carboxylic acids is 1. The van der Waals surface area contributed by atoms with E-state index < -0.39 is 5.63 Å². The maximum absolute atomic E-state index is 12.0. The number of aromatic nitrogens is 1. The Morgan fingerprint density at radius 1 is 1.17 bits per heavy atom. The average Bonchev–Trinajstić information content (AvgIpc) is 2.54. The molecule has 0 aliphatic carbocycles. The minimum absolute atomic E-state index is 0.0892. The molecule has 0 radical (unpaired) electrons. The van der Waals surface area contributed by atoms with Gasteiger partial charge in [-0.1, -0.05) is 6.07 Å². The number of carbonyl (C=O) groups is 1. The Labute approximate surface area is 138 Å². The molecule has 0 saturated carbocycles. The molecule has 0 bridgehead atoms. The number of rotatable bonds is 4. The van der Waals surface area contributed by atoms with Crippen molar-refractivity contribution in [2.45, 2.75) is 13.8 Å². The lowest BCUT2D eigenvalue weighted by atomic mass is 10.1. The van der Waals surface area contributed by atoms with Crippen LogP contribution >= 0.6 is 0 Å². The molecule has 122 valence electrons. The highest BCUT2D eigenvalue weighted by Gasteiger charge is 2.06. The van der Waals surface area contributed by atoms with Gasteiger partial charge in [0.15, 0.2) is 0 Å². The van der Waals surface area contributed by atoms with Crippen LogP contribution in [0.15, 0.2) is 51.8 Å². The van der Waals surface area contributed by atoms with Gasteiger partial charge in [0.05, 0.1) is 6.54 Å². The molecular weight excluding hydrogens is 306 g/mol. The number of hydrogen-bond donors (Lipinski definition) is 2. The van der Waals surface area contributed by atoms with Crippen LogP contribution in [0.2, 0.25) is 0 Å². The van der Waals surface area contributed by atoms with Crippen molar-refractivity contribution in [1.29, 1.82) is 0 Å². The third-order valence-electron chi connectivity index (χ3n) is 3.58. The maximum atomic E-state index is 12.0. The molecule has 3 rings (SSSR count). The predicted molar refractivity (Wildman–Crippen MR) is 93.3 cm³/mol. The van der Waals surface area contributed by atoms with Gasteiger partial charge in [-0.05, 0) is 43.2 Å². The third-order valence-corrected chi connectivity index (χ3v) is 3.58. The summed E-state index contributed by atoms with van der Waals surface area (Å²) in [4.78, 5) is 27.7. The first kappa shape index (κ1) is 15.7. The summed E-state index contributed by atoms with van der Waals surface area (Å²) in [5, 5.41) is 6.56. The van der Waals surface area contributed by atoms with Crippen LogP contribution in [0, 0.1) is 13.8 Å². The number of benzene rings is 1. The molecule has 0 saturated heterocycles. The van der Waals surface area contributed by atoms with E-state index >= 15 is 0 Å². The Kier molecular flexibility index (Phi) is 4.29. The van der Waals surface area contributed by atoms with E-state index in [2.05, 4.69) is 15.6 Å². The molecule has 1 aromatic carbocycles. The van der Waals surface area contributed by atoms with E-state index in [1.54, 1.807) is 18.3 Å². The molecule has 2 aromatic heterocycles. The summed E-state index contributed by atoms with van der Waals surface area (Å²) in [5.74, 6) is 0.419. The van der Waals surface area contributed by atoms with E-state index in [4.69, 9.17) is 4.42 Å². The minimum atomic E-state index is -0.407. The second-order valence-corrected chi connectivity index (χ2v) is 5.58. The van der Waals surface area contributed by atoms with Gasteiger partial charge in [-0.25, -0.2) is 9.78 Å². The molecule has 3 aromatic rings. The zero-order valence-electron chi connectivity index (χ0n) is 13.4. The van der Waals surface area contributed by atoms with Gasteiger partial charge < -0.3 is 15.1 Å². The van der Waals surface area contributed by atoms with E-state index in [-0.39, 0.29) is 12.5 Å². The number of nitrogens with zero attached hydrogens (tertiary/aromatic N) is 1. The molecule has 0 atom stereocenters. The van der Waals surface area contributed by atoms with Crippen molar-refractivity contribution < 1.29 is 9.21 Å². The fraction of sp³-hybridized carbons (Fsp3) is 0.167. The molecule has 0 unspecified atom stereocenters. The molecule has 1 amide bonds. The van der Waals surface area contributed by atoms with Gasteiger partial charge in [-0.2, -0.15) is 0 Å². The zero-order chi connectivity index (χ0) is 17.1. The van der Waals surface area contributed by atoms with Crippen LogP contribution in [0.3, 0.4) is 0 Å². The van der Waals surface area contributed by atoms with Gasteiger partial charge in [-0.15, -0.1) is 0 Å². The monoisotopic (exact) mass is 323 g/mol. The Bertz CT molecular complexity index is 946. The lowest BCUT2D eigenvalue weighted by molar-refractivity contribution is -0.114.